The highest BCUT2D eigenvalue weighted by molar-refractivity contribution is 7.59. The Labute approximate surface area is 72.5 Å². The maximum atomic E-state index is 2.51. The Bertz CT molecular complexity index is 129. The average Bonchev–Trinajstić information content (AvgIpc) is 2.19. The summed E-state index contributed by atoms with van der Waals surface area (Å²) in [5.41, 5.74) is 1.03. The highest BCUT2D eigenvalue weighted by Crippen LogP contribution is 2.61. The van der Waals surface area contributed by atoms with E-state index in [1.165, 1.54) is 25.7 Å². The number of hydrogen-bond acceptors (Lipinski definition) is 0. The van der Waals surface area contributed by atoms with E-state index in [-0.39, 0.29) is 0 Å². The van der Waals surface area contributed by atoms with Crippen LogP contribution in [0.15, 0.2) is 0 Å². The highest BCUT2D eigenvalue weighted by atomic mass is 31.1. The SMILES string of the molecule is CCCC1(C)CCC(C)P1C. The van der Waals surface area contributed by atoms with Crippen LogP contribution in [0.2, 0.25) is 0 Å². The van der Waals surface area contributed by atoms with Gasteiger partial charge in [-0.05, 0) is 36.7 Å². The van der Waals surface area contributed by atoms with Gasteiger partial charge in [-0.25, -0.2) is 0 Å². The molecule has 1 aliphatic rings. The first kappa shape index (κ1) is 9.52. The van der Waals surface area contributed by atoms with Crippen molar-refractivity contribution in [1.29, 1.82) is 0 Å². The Morgan fingerprint density at radius 1 is 1.55 bits per heavy atom. The molecule has 66 valence electrons. The minimum atomic E-state index is 0.322. The quantitative estimate of drug-likeness (QED) is 0.555. The van der Waals surface area contributed by atoms with Gasteiger partial charge in [0.15, 0.2) is 0 Å². The van der Waals surface area contributed by atoms with E-state index in [1.54, 1.807) is 0 Å². The minimum Gasteiger partial charge on any atom is -0.101 e. The van der Waals surface area contributed by atoms with Gasteiger partial charge >= 0.3 is 0 Å². The van der Waals surface area contributed by atoms with Crippen LogP contribution in [0.1, 0.15) is 46.5 Å². The highest BCUT2D eigenvalue weighted by Gasteiger charge is 2.38. The van der Waals surface area contributed by atoms with Crippen LogP contribution in [0.4, 0.5) is 0 Å². The van der Waals surface area contributed by atoms with Gasteiger partial charge < -0.3 is 0 Å². The molecule has 0 N–H and O–H groups in total. The van der Waals surface area contributed by atoms with Crippen molar-refractivity contribution in [1.82, 2.24) is 0 Å². The Kier molecular flexibility index (Phi) is 2.97. The topological polar surface area (TPSA) is 0 Å². The zero-order valence-corrected chi connectivity index (χ0v) is 9.25. The lowest BCUT2D eigenvalue weighted by molar-refractivity contribution is 0.541. The molecule has 0 amide bonds. The van der Waals surface area contributed by atoms with Crippen LogP contribution >= 0.6 is 7.92 Å². The molecule has 1 aliphatic heterocycles. The Balaban J connectivity index is 2.57. The van der Waals surface area contributed by atoms with Crippen molar-refractivity contribution in [3.63, 3.8) is 0 Å². The van der Waals surface area contributed by atoms with Crippen LogP contribution in [0.5, 0.6) is 0 Å². The van der Waals surface area contributed by atoms with E-state index in [9.17, 15) is 0 Å². The number of hydrogen-bond donors (Lipinski definition) is 0. The van der Waals surface area contributed by atoms with Gasteiger partial charge in [0.25, 0.3) is 0 Å². The summed E-state index contributed by atoms with van der Waals surface area (Å²) in [6.07, 6.45) is 5.80. The number of rotatable bonds is 2. The van der Waals surface area contributed by atoms with Crippen molar-refractivity contribution in [3.05, 3.63) is 0 Å². The molecular formula is C10H21P. The van der Waals surface area contributed by atoms with Crippen molar-refractivity contribution >= 4 is 7.92 Å². The van der Waals surface area contributed by atoms with E-state index in [1.807, 2.05) is 0 Å². The first-order chi connectivity index (χ1) is 5.10. The predicted octanol–water partition coefficient (Wildman–Crippen LogP) is 3.84. The van der Waals surface area contributed by atoms with Gasteiger partial charge in [-0.15, -0.1) is 7.92 Å². The van der Waals surface area contributed by atoms with Gasteiger partial charge in [0.1, 0.15) is 0 Å². The largest absolute Gasteiger partial charge is 0.101 e. The Hall–Kier alpha value is 0.430. The molecule has 1 rings (SSSR count). The average molecular weight is 172 g/mol. The van der Waals surface area contributed by atoms with Crippen molar-refractivity contribution in [3.8, 4) is 0 Å². The lowest BCUT2D eigenvalue weighted by Crippen LogP contribution is -2.17. The zero-order chi connectivity index (χ0) is 8.48. The van der Waals surface area contributed by atoms with Gasteiger partial charge in [-0.2, -0.15) is 0 Å². The first-order valence-corrected chi connectivity index (χ1v) is 6.69. The fourth-order valence-electron chi connectivity index (χ4n) is 2.26. The molecular weight excluding hydrogens is 151 g/mol. The van der Waals surface area contributed by atoms with E-state index in [2.05, 4.69) is 27.4 Å². The Morgan fingerprint density at radius 3 is 2.55 bits per heavy atom. The summed E-state index contributed by atoms with van der Waals surface area (Å²) in [6.45, 7) is 9.76. The molecule has 0 bridgehead atoms. The molecule has 0 spiro atoms. The first-order valence-electron chi connectivity index (χ1n) is 4.83. The summed E-state index contributed by atoms with van der Waals surface area (Å²) in [5, 5.41) is 0.740. The normalized spacial score (nSPS) is 44.7. The second-order valence-corrected chi connectivity index (χ2v) is 7.43. The molecule has 3 unspecified atom stereocenters. The Morgan fingerprint density at radius 2 is 2.18 bits per heavy atom. The molecule has 0 radical (unpaired) electrons. The summed E-state index contributed by atoms with van der Waals surface area (Å²) in [4.78, 5) is 0. The van der Waals surface area contributed by atoms with E-state index in [0.717, 1.165) is 10.8 Å². The van der Waals surface area contributed by atoms with E-state index >= 15 is 0 Å². The lowest BCUT2D eigenvalue weighted by atomic mass is 9.99. The molecule has 1 heteroatoms. The second kappa shape index (κ2) is 3.44. The maximum Gasteiger partial charge on any atom is -0.0123 e. The molecule has 0 aromatic rings. The summed E-state index contributed by atoms with van der Waals surface area (Å²) in [5.74, 6) is 0. The smallest absolute Gasteiger partial charge is 0.0123 e. The third kappa shape index (κ3) is 1.78. The molecule has 11 heavy (non-hydrogen) atoms. The fourth-order valence-corrected chi connectivity index (χ4v) is 4.90. The van der Waals surface area contributed by atoms with E-state index < -0.39 is 0 Å². The van der Waals surface area contributed by atoms with E-state index in [0.29, 0.717) is 7.92 Å². The molecule has 0 saturated carbocycles. The van der Waals surface area contributed by atoms with Gasteiger partial charge in [0.05, 0.1) is 0 Å². The van der Waals surface area contributed by atoms with Crippen LogP contribution in [0.25, 0.3) is 0 Å². The van der Waals surface area contributed by atoms with Crippen molar-refractivity contribution < 1.29 is 0 Å². The standard InChI is InChI=1S/C10H21P/c1-5-7-10(3)8-6-9(2)11(10)4/h9H,5-8H2,1-4H3. The van der Waals surface area contributed by atoms with Crippen LogP contribution in [-0.2, 0) is 0 Å². The predicted molar refractivity (Wildman–Crippen MR) is 54.9 cm³/mol. The molecule has 1 heterocycles. The lowest BCUT2D eigenvalue weighted by Gasteiger charge is -2.30. The molecule has 0 aromatic heterocycles. The third-order valence-electron chi connectivity index (χ3n) is 3.40. The van der Waals surface area contributed by atoms with Crippen molar-refractivity contribution in [2.24, 2.45) is 0 Å². The summed E-state index contributed by atoms with van der Waals surface area (Å²) < 4.78 is 0. The minimum absolute atomic E-state index is 0.322. The maximum absolute atomic E-state index is 2.51. The molecule has 0 aliphatic carbocycles. The molecule has 0 nitrogen and oxygen atoms in total. The molecule has 0 aromatic carbocycles. The van der Waals surface area contributed by atoms with Crippen molar-refractivity contribution in [2.75, 3.05) is 6.66 Å². The monoisotopic (exact) mass is 172 g/mol. The van der Waals surface area contributed by atoms with Gasteiger partial charge in [0.2, 0.25) is 0 Å². The van der Waals surface area contributed by atoms with Crippen LogP contribution < -0.4 is 0 Å². The molecule has 3 atom stereocenters. The van der Waals surface area contributed by atoms with Gasteiger partial charge in [0, 0.05) is 0 Å². The van der Waals surface area contributed by atoms with Gasteiger partial charge in [-0.1, -0.05) is 27.2 Å². The van der Waals surface area contributed by atoms with Gasteiger partial charge in [-0.3, -0.25) is 0 Å². The summed E-state index contributed by atoms with van der Waals surface area (Å²) >= 11 is 0. The third-order valence-corrected chi connectivity index (χ3v) is 7.13. The van der Waals surface area contributed by atoms with Crippen molar-refractivity contribution in [2.45, 2.75) is 57.3 Å². The molecule has 1 fully saturated rings. The van der Waals surface area contributed by atoms with E-state index in [4.69, 9.17) is 0 Å². The van der Waals surface area contributed by atoms with Crippen LogP contribution in [0, 0.1) is 0 Å². The fraction of sp³-hybridized carbons (Fsp3) is 1.00. The second-order valence-electron chi connectivity index (χ2n) is 4.25. The van der Waals surface area contributed by atoms with Crippen LogP contribution in [-0.4, -0.2) is 17.5 Å². The van der Waals surface area contributed by atoms with Crippen LogP contribution in [0.3, 0.4) is 0 Å². The summed E-state index contributed by atoms with van der Waals surface area (Å²) in [7, 11) is 0.322. The summed E-state index contributed by atoms with van der Waals surface area (Å²) in [6, 6.07) is 0. The zero-order valence-electron chi connectivity index (χ0n) is 8.35. The molecule has 1 saturated heterocycles.